The van der Waals surface area contributed by atoms with Crippen molar-refractivity contribution in [2.24, 2.45) is 11.1 Å². The first kappa shape index (κ1) is 12.3. The molecule has 1 aliphatic rings. The monoisotopic (exact) mass is 216 g/mol. The van der Waals surface area contributed by atoms with Gasteiger partial charge >= 0.3 is 0 Å². The van der Waals surface area contributed by atoms with Crippen LogP contribution in [0.2, 0.25) is 0 Å². The summed E-state index contributed by atoms with van der Waals surface area (Å²) >= 11 is 2.09. The van der Waals surface area contributed by atoms with Crippen molar-refractivity contribution in [1.82, 2.24) is 4.90 Å². The third kappa shape index (κ3) is 3.14. The highest BCUT2D eigenvalue weighted by Gasteiger charge is 2.29. The van der Waals surface area contributed by atoms with Crippen LogP contribution in [-0.2, 0) is 0 Å². The molecule has 1 fully saturated rings. The molecule has 1 rings (SSSR count). The molecule has 0 aromatic heterocycles. The summed E-state index contributed by atoms with van der Waals surface area (Å²) in [6.07, 6.45) is 0. The minimum atomic E-state index is 0.260. The summed E-state index contributed by atoms with van der Waals surface area (Å²) in [5.74, 6) is 1.27. The van der Waals surface area contributed by atoms with Crippen molar-refractivity contribution in [3.05, 3.63) is 0 Å². The van der Waals surface area contributed by atoms with Crippen molar-refractivity contribution < 1.29 is 0 Å². The highest BCUT2D eigenvalue weighted by molar-refractivity contribution is 8.00. The molecule has 1 heterocycles. The standard InChI is InChI=1S/C11H24N2S/c1-9-10(2)14-6-5-13(9)8-11(3,4)7-12/h9-10H,5-8,12H2,1-4H3. The number of nitrogens with zero attached hydrogens (tertiary/aromatic N) is 1. The molecule has 2 nitrogen and oxygen atoms in total. The van der Waals surface area contributed by atoms with E-state index in [-0.39, 0.29) is 5.41 Å². The molecule has 2 atom stereocenters. The van der Waals surface area contributed by atoms with Gasteiger partial charge < -0.3 is 5.73 Å². The van der Waals surface area contributed by atoms with E-state index in [0.717, 1.165) is 18.3 Å². The molecule has 2 unspecified atom stereocenters. The van der Waals surface area contributed by atoms with Crippen LogP contribution in [0.3, 0.4) is 0 Å². The van der Waals surface area contributed by atoms with Gasteiger partial charge in [0.15, 0.2) is 0 Å². The van der Waals surface area contributed by atoms with Gasteiger partial charge in [-0.25, -0.2) is 0 Å². The molecule has 14 heavy (non-hydrogen) atoms. The van der Waals surface area contributed by atoms with E-state index >= 15 is 0 Å². The Labute approximate surface area is 92.6 Å². The van der Waals surface area contributed by atoms with Gasteiger partial charge in [-0.1, -0.05) is 20.8 Å². The summed E-state index contributed by atoms with van der Waals surface area (Å²) in [6.45, 7) is 12.3. The maximum atomic E-state index is 5.77. The van der Waals surface area contributed by atoms with E-state index < -0.39 is 0 Å². The zero-order valence-electron chi connectivity index (χ0n) is 9.92. The second-order valence-electron chi connectivity index (χ2n) is 5.16. The summed E-state index contributed by atoms with van der Waals surface area (Å²) < 4.78 is 0. The summed E-state index contributed by atoms with van der Waals surface area (Å²) in [4.78, 5) is 2.59. The third-order valence-electron chi connectivity index (χ3n) is 3.20. The fourth-order valence-electron chi connectivity index (χ4n) is 1.83. The van der Waals surface area contributed by atoms with Crippen molar-refractivity contribution in [3.63, 3.8) is 0 Å². The first-order chi connectivity index (χ1) is 6.46. The Kier molecular flexibility index (Phi) is 4.29. The number of nitrogens with two attached hydrogens (primary N) is 1. The fraction of sp³-hybridized carbons (Fsp3) is 1.00. The van der Waals surface area contributed by atoms with E-state index in [1.807, 2.05) is 0 Å². The number of hydrogen-bond acceptors (Lipinski definition) is 3. The minimum Gasteiger partial charge on any atom is -0.330 e. The first-order valence-corrected chi connectivity index (χ1v) is 6.57. The van der Waals surface area contributed by atoms with Crippen molar-refractivity contribution >= 4 is 11.8 Å². The van der Waals surface area contributed by atoms with Gasteiger partial charge in [-0.3, -0.25) is 4.90 Å². The van der Waals surface area contributed by atoms with Gasteiger partial charge in [-0.2, -0.15) is 11.8 Å². The molecule has 1 aliphatic heterocycles. The van der Waals surface area contributed by atoms with Crippen LogP contribution in [0, 0.1) is 5.41 Å². The van der Waals surface area contributed by atoms with E-state index in [9.17, 15) is 0 Å². The van der Waals surface area contributed by atoms with Gasteiger partial charge in [-0.05, 0) is 18.9 Å². The number of thioether (sulfide) groups is 1. The highest BCUT2D eigenvalue weighted by atomic mass is 32.2. The minimum absolute atomic E-state index is 0.260. The molecule has 0 aliphatic carbocycles. The topological polar surface area (TPSA) is 29.3 Å². The quantitative estimate of drug-likeness (QED) is 0.780. The van der Waals surface area contributed by atoms with Gasteiger partial charge in [0.2, 0.25) is 0 Å². The Morgan fingerprint density at radius 3 is 2.64 bits per heavy atom. The lowest BCUT2D eigenvalue weighted by Crippen LogP contribution is -2.49. The predicted octanol–water partition coefficient (Wildman–Crippen LogP) is 1.80. The Morgan fingerprint density at radius 1 is 1.43 bits per heavy atom. The molecular formula is C11H24N2S. The molecule has 3 heteroatoms. The van der Waals surface area contributed by atoms with Crippen LogP contribution in [0.25, 0.3) is 0 Å². The van der Waals surface area contributed by atoms with Crippen LogP contribution in [-0.4, -0.2) is 41.6 Å². The van der Waals surface area contributed by atoms with Gasteiger partial charge in [0, 0.05) is 30.1 Å². The van der Waals surface area contributed by atoms with Crippen molar-refractivity contribution in [3.8, 4) is 0 Å². The Balaban J connectivity index is 2.51. The van der Waals surface area contributed by atoms with E-state index in [4.69, 9.17) is 5.73 Å². The summed E-state index contributed by atoms with van der Waals surface area (Å²) in [7, 11) is 0. The van der Waals surface area contributed by atoms with Crippen molar-refractivity contribution in [1.29, 1.82) is 0 Å². The summed E-state index contributed by atoms with van der Waals surface area (Å²) in [5.41, 5.74) is 6.03. The predicted molar refractivity (Wildman–Crippen MR) is 65.8 cm³/mol. The molecule has 0 aromatic rings. The lowest BCUT2D eigenvalue weighted by Gasteiger charge is -2.41. The van der Waals surface area contributed by atoms with E-state index in [0.29, 0.717) is 6.04 Å². The zero-order valence-corrected chi connectivity index (χ0v) is 10.7. The molecule has 84 valence electrons. The normalized spacial score (nSPS) is 30.6. The van der Waals surface area contributed by atoms with Crippen molar-refractivity contribution in [2.75, 3.05) is 25.4 Å². The molecule has 0 bridgehead atoms. The SMILES string of the molecule is CC1SCCN(CC(C)(C)CN)C1C. The average molecular weight is 216 g/mol. The second-order valence-corrected chi connectivity index (χ2v) is 6.64. The molecule has 2 N–H and O–H groups in total. The Morgan fingerprint density at radius 2 is 2.07 bits per heavy atom. The molecular weight excluding hydrogens is 192 g/mol. The van der Waals surface area contributed by atoms with Crippen LogP contribution in [0.5, 0.6) is 0 Å². The molecule has 0 radical (unpaired) electrons. The van der Waals surface area contributed by atoms with Gasteiger partial charge in [0.1, 0.15) is 0 Å². The third-order valence-corrected chi connectivity index (χ3v) is 4.54. The van der Waals surface area contributed by atoms with E-state index in [2.05, 4.69) is 44.4 Å². The van der Waals surface area contributed by atoms with Crippen LogP contribution < -0.4 is 5.73 Å². The molecule has 0 spiro atoms. The van der Waals surface area contributed by atoms with E-state index in [1.54, 1.807) is 0 Å². The number of rotatable bonds is 3. The van der Waals surface area contributed by atoms with Gasteiger partial charge in [-0.15, -0.1) is 0 Å². The smallest absolute Gasteiger partial charge is 0.0184 e. The van der Waals surface area contributed by atoms with Crippen molar-refractivity contribution in [2.45, 2.75) is 39.0 Å². The van der Waals surface area contributed by atoms with Crippen LogP contribution in [0.1, 0.15) is 27.7 Å². The molecule has 0 saturated carbocycles. The maximum Gasteiger partial charge on any atom is 0.0184 e. The molecule has 1 saturated heterocycles. The molecule has 0 aromatic carbocycles. The second kappa shape index (κ2) is 4.86. The average Bonchev–Trinajstić information content (AvgIpc) is 2.13. The number of hydrogen-bond donors (Lipinski definition) is 1. The highest BCUT2D eigenvalue weighted by Crippen LogP contribution is 2.27. The van der Waals surface area contributed by atoms with Crippen LogP contribution >= 0.6 is 11.8 Å². The fourth-order valence-corrected chi connectivity index (χ4v) is 3.00. The Hall–Kier alpha value is 0.270. The largest absolute Gasteiger partial charge is 0.330 e. The van der Waals surface area contributed by atoms with Crippen LogP contribution in [0.15, 0.2) is 0 Å². The molecule has 0 amide bonds. The lowest BCUT2D eigenvalue weighted by atomic mass is 9.92. The lowest BCUT2D eigenvalue weighted by molar-refractivity contribution is 0.143. The van der Waals surface area contributed by atoms with Crippen LogP contribution in [0.4, 0.5) is 0 Å². The first-order valence-electron chi connectivity index (χ1n) is 5.52. The van der Waals surface area contributed by atoms with Gasteiger partial charge in [0.25, 0.3) is 0 Å². The Bertz CT molecular complexity index is 182. The summed E-state index contributed by atoms with van der Waals surface area (Å²) in [5, 5.41) is 0.761. The maximum absolute atomic E-state index is 5.77. The van der Waals surface area contributed by atoms with Gasteiger partial charge in [0.05, 0.1) is 0 Å². The van der Waals surface area contributed by atoms with E-state index in [1.165, 1.54) is 12.3 Å². The zero-order chi connectivity index (χ0) is 10.8. The summed E-state index contributed by atoms with van der Waals surface area (Å²) in [6, 6.07) is 0.694.